The summed E-state index contributed by atoms with van der Waals surface area (Å²) in [6, 6.07) is 1.39. The molecule has 2 rings (SSSR count). The Labute approximate surface area is 130 Å². The topological polar surface area (TPSA) is 160 Å². The highest BCUT2D eigenvalue weighted by Gasteiger charge is 2.37. The summed E-state index contributed by atoms with van der Waals surface area (Å²) in [6.45, 7) is 0.753. The van der Waals surface area contributed by atoms with Crippen molar-refractivity contribution in [2.75, 3.05) is 11.9 Å². The summed E-state index contributed by atoms with van der Waals surface area (Å²) in [4.78, 5) is 43.8. The number of nitrogens with zero attached hydrogens (tertiary/aromatic N) is 2. The van der Waals surface area contributed by atoms with E-state index in [9.17, 15) is 19.3 Å². The molecule has 1 saturated heterocycles. The number of rotatable bonds is 5. The maximum atomic E-state index is 11.9. The minimum atomic E-state index is -4.68. The Hall–Kier alpha value is -1.62. The average molecular weight is 349 g/mol. The zero-order chi connectivity index (χ0) is 17.2. The summed E-state index contributed by atoms with van der Waals surface area (Å²) < 4.78 is 21.4. The van der Waals surface area contributed by atoms with Crippen LogP contribution in [-0.2, 0) is 18.6 Å². The van der Waals surface area contributed by atoms with Crippen LogP contribution >= 0.6 is 7.82 Å². The molecule has 12 heteroatoms. The number of phosphoric ester groups is 1. The molecule has 1 fully saturated rings. The van der Waals surface area contributed by atoms with Crippen molar-refractivity contribution in [2.45, 2.75) is 31.8 Å². The van der Waals surface area contributed by atoms with Gasteiger partial charge in [0.25, 0.3) is 0 Å². The summed E-state index contributed by atoms with van der Waals surface area (Å²) in [7, 11) is -4.68. The zero-order valence-electron chi connectivity index (χ0n) is 12.0. The quantitative estimate of drug-likeness (QED) is 0.487. The summed E-state index contributed by atoms with van der Waals surface area (Å²) in [6.07, 6.45) is -1.55. The first-order valence-electron chi connectivity index (χ1n) is 6.56. The number of amides is 1. The van der Waals surface area contributed by atoms with E-state index < -0.39 is 38.6 Å². The van der Waals surface area contributed by atoms with E-state index in [4.69, 9.17) is 14.5 Å². The number of aliphatic hydroxyl groups excluding tert-OH is 1. The molecule has 0 saturated carbocycles. The number of hydrogen-bond donors (Lipinski definition) is 4. The lowest BCUT2D eigenvalue weighted by Gasteiger charge is -2.16. The van der Waals surface area contributed by atoms with Gasteiger partial charge in [0.1, 0.15) is 18.1 Å². The molecule has 128 valence electrons. The smallest absolute Gasteiger partial charge is 0.390 e. The highest BCUT2D eigenvalue weighted by molar-refractivity contribution is 7.46. The molecule has 3 atom stereocenters. The monoisotopic (exact) mass is 349 g/mol. The van der Waals surface area contributed by atoms with Crippen molar-refractivity contribution in [3.05, 3.63) is 22.7 Å². The van der Waals surface area contributed by atoms with Gasteiger partial charge in [-0.15, -0.1) is 0 Å². The Kier molecular flexibility index (Phi) is 5.30. The van der Waals surface area contributed by atoms with E-state index >= 15 is 0 Å². The second-order valence-electron chi connectivity index (χ2n) is 4.90. The third-order valence-electron chi connectivity index (χ3n) is 3.06. The van der Waals surface area contributed by atoms with Gasteiger partial charge in [-0.3, -0.25) is 13.9 Å². The molecule has 0 unspecified atom stereocenters. The first-order chi connectivity index (χ1) is 10.7. The van der Waals surface area contributed by atoms with E-state index in [1.54, 1.807) is 0 Å². The maximum Gasteiger partial charge on any atom is 0.469 e. The summed E-state index contributed by atoms with van der Waals surface area (Å²) in [5.74, 6) is -0.296. The van der Waals surface area contributed by atoms with Crippen LogP contribution in [0.15, 0.2) is 17.1 Å². The number of hydrogen-bond acceptors (Lipinski definition) is 7. The van der Waals surface area contributed by atoms with Gasteiger partial charge in [-0.1, -0.05) is 0 Å². The number of aromatic nitrogens is 2. The van der Waals surface area contributed by atoms with Crippen LogP contribution in [0, 0.1) is 0 Å². The van der Waals surface area contributed by atoms with Crippen LogP contribution in [0.25, 0.3) is 0 Å². The Morgan fingerprint density at radius 1 is 1.61 bits per heavy atom. The molecule has 0 aromatic carbocycles. The normalized spacial score (nSPS) is 24.6. The number of phosphoric acid groups is 1. The van der Waals surface area contributed by atoms with Crippen molar-refractivity contribution < 1.29 is 33.5 Å². The molecular formula is C11H16N3O8P. The molecule has 1 aromatic rings. The molecule has 0 spiro atoms. The van der Waals surface area contributed by atoms with Crippen molar-refractivity contribution in [3.8, 4) is 0 Å². The van der Waals surface area contributed by atoms with Crippen molar-refractivity contribution in [2.24, 2.45) is 0 Å². The number of aliphatic hydroxyl groups is 1. The fraction of sp³-hybridized carbons (Fsp3) is 0.545. The Balaban J connectivity index is 2.07. The van der Waals surface area contributed by atoms with Crippen molar-refractivity contribution in [3.63, 3.8) is 0 Å². The Bertz CT molecular complexity index is 686. The minimum absolute atomic E-state index is 0.0241. The number of ether oxygens (including phenoxy) is 1. The van der Waals surface area contributed by atoms with Crippen LogP contribution in [-0.4, -0.2) is 49.2 Å². The van der Waals surface area contributed by atoms with E-state index in [0.717, 1.165) is 4.57 Å². The second-order valence-corrected chi connectivity index (χ2v) is 6.14. The van der Waals surface area contributed by atoms with Gasteiger partial charge < -0.3 is 24.9 Å². The molecule has 4 N–H and O–H groups in total. The molecule has 23 heavy (non-hydrogen) atoms. The molecule has 1 aromatic heterocycles. The first-order valence-corrected chi connectivity index (χ1v) is 8.09. The van der Waals surface area contributed by atoms with Crippen LogP contribution in [0.1, 0.15) is 19.6 Å². The lowest BCUT2D eigenvalue weighted by atomic mass is 10.2. The molecule has 2 heterocycles. The van der Waals surface area contributed by atoms with Crippen molar-refractivity contribution >= 4 is 19.5 Å². The third-order valence-corrected chi connectivity index (χ3v) is 3.54. The van der Waals surface area contributed by atoms with Gasteiger partial charge in [0, 0.05) is 19.5 Å². The fourth-order valence-corrected chi connectivity index (χ4v) is 2.43. The van der Waals surface area contributed by atoms with E-state index in [0.29, 0.717) is 0 Å². The van der Waals surface area contributed by atoms with Crippen LogP contribution < -0.4 is 11.0 Å². The number of anilines is 1. The predicted octanol–water partition coefficient (Wildman–Crippen LogP) is -1.04. The number of nitrogens with one attached hydrogen (secondary N) is 1. The van der Waals surface area contributed by atoms with Crippen LogP contribution in [0.2, 0.25) is 0 Å². The van der Waals surface area contributed by atoms with Crippen molar-refractivity contribution in [1.29, 1.82) is 0 Å². The molecule has 1 amide bonds. The molecule has 0 bridgehead atoms. The van der Waals surface area contributed by atoms with Gasteiger partial charge >= 0.3 is 13.5 Å². The standard InChI is InChI=1S/C11H16N3O8P/c1-6(15)12-9-2-3-14(11(17)13-9)10-4-7(16)8(22-10)5-21-23(18,19)20/h2-3,7-8,10,16H,4-5H2,1H3,(H2,18,19,20)(H,12,13,15,17)/t7-,8+,10+/m0/s1. The Morgan fingerprint density at radius 2 is 2.30 bits per heavy atom. The lowest BCUT2D eigenvalue weighted by Crippen LogP contribution is -2.28. The van der Waals surface area contributed by atoms with Crippen LogP contribution in [0.3, 0.4) is 0 Å². The Morgan fingerprint density at radius 3 is 2.87 bits per heavy atom. The van der Waals surface area contributed by atoms with Gasteiger partial charge in [0.05, 0.1) is 12.7 Å². The third kappa shape index (κ3) is 4.93. The molecule has 1 aliphatic heterocycles. The van der Waals surface area contributed by atoms with Crippen LogP contribution in [0.4, 0.5) is 5.82 Å². The van der Waals surface area contributed by atoms with E-state index in [1.807, 2.05) is 0 Å². The molecule has 1 aliphatic rings. The largest absolute Gasteiger partial charge is 0.469 e. The predicted molar refractivity (Wildman–Crippen MR) is 75.3 cm³/mol. The SMILES string of the molecule is CC(=O)Nc1ccn([C@H]2C[C@H](O)[C@@H](COP(=O)(O)O)O2)c(=O)n1. The van der Waals surface area contributed by atoms with Gasteiger partial charge in [-0.05, 0) is 6.07 Å². The molecule has 0 radical (unpaired) electrons. The minimum Gasteiger partial charge on any atom is -0.390 e. The highest BCUT2D eigenvalue weighted by Crippen LogP contribution is 2.38. The van der Waals surface area contributed by atoms with Gasteiger partial charge in [-0.2, -0.15) is 4.98 Å². The van der Waals surface area contributed by atoms with E-state index in [1.165, 1.54) is 19.2 Å². The maximum absolute atomic E-state index is 11.9. The van der Waals surface area contributed by atoms with E-state index in [2.05, 4.69) is 14.8 Å². The van der Waals surface area contributed by atoms with Crippen molar-refractivity contribution in [1.82, 2.24) is 9.55 Å². The number of carbonyl (C=O) groups is 1. The lowest BCUT2D eigenvalue weighted by molar-refractivity contribution is -0.114. The van der Waals surface area contributed by atoms with Crippen LogP contribution in [0.5, 0.6) is 0 Å². The molecular weight excluding hydrogens is 333 g/mol. The second kappa shape index (κ2) is 6.87. The van der Waals surface area contributed by atoms with E-state index in [-0.39, 0.29) is 18.1 Å². The average Bonchev–Trinajstić information content (AvgIpc) is 2.76. The molecule has 0 aliphatic carbocycles. The molecule has 11 nitrogen and oxygen atoms in total. The first kappa shape index (κ1) is 17.7. The fourth-order valence-electron chi connectivity index (χ4n) is 2.09. The van der Waals surface area contributed by atoms with Gasteiger partial charge in [0.2, 0.25) is 5.91 Å². The summed E-state index contributed by atoms with van der Waals surface area (Å²) in [5.41, 5.74) is -0.704. The van der Waals surface area contributed by atoms with Gasteiger partial charge in [-0.25, -0.2) is 9.36 Å². The summed E-state index contributed by atoms with van der Waals surface area (Å²) >= 11 is 0. The number of carbonyl (C=O) groups excluding carboxylic acids is 1. The van der Waals surface area contributed by atoms with Gasteiger partial charge in [0.15, 0.2) is 0 Å². The zero-order valence-corrected chi connectivity index (χ0v) is 12.9. The highest BCUT2D eigenvalue weighted by atomic mass is 31.2. The summed E-state index contributed by atoms with van der Waals surface area (Å²) in [5, 5.41) is 12.2.